The Bertz CT molecular complexity index is 458. The molecule has 0 saturated carbocycles. The Morgan fingerprint density at radius 2 is 2.05 bits per heavy atom. The molecule has 1 amide bonds. The summed E-state index contributed by atoms with van der Waals surface area (Å²) in [5.41, 5.74) is 7.34. The molecule has 0 bridgehead atoms. The molecule has 1 aromatic rings. The molecular weight excluding hydrogens is 256 g/mol. The Morgan fingerprint density at radius 1 is 1.30 bits per heavy atom. The van der Waals surface area contributed by atoms with Gasteiger partial charge in [-0.25, -0.2) is 0 Å². The molecule has 5 nitrogen and oxygen atoms in total. The Balaban J connectivity index is 2.19. The van der Waals surface area contributed by atoms with Gasteiger partial charge >= 0.3 is 5.97 Å². The van der Waals surface area contributed by atoms with Gasteiger partial charge in [-0.3, -0.25) is 9.59 Å². The number of benzene rings is 1. The van der Waals surface area contributed by atoms with Gasteiger partial charge in [0.05, 0.1) is 6.42 Å². The first-order chi connectivity index (χ1) is 9.47. The zero-order valence-electron chi connectivity index (χ0n) is 12.0. The lowest BCUT2D eigenvalue weighted by atomic mass is 10.1. The van der Waals surface area contributed by atoms with E-state index in [0.29, 0.717) is 12.1 Å². The fourth-order valence-corrected chi connectivity index (χ4v) is 1.72. The van der Waals surface area contributed by atoms with E-state index < -0.39 is 0 Å². The Kier molecular flexibility index (Phi) is 6.56. The van der Waals surface area contributed by atoms with Crippen molar-refractivity contribution in [2.24, 2.45) is 0 Å². The highest BCUT2D eigenvalue weighted by Gasteiger charge is 2.07. The number of carbonyl (C=O) groups excluding carboxylic acids is 2. The minimum absolute atomic E-state index is 0.0988. The van der Waals surface area contributed by atoms with Crippen molar-refractivity contribution in [3.63, 3.8) is 0 Å². The summed E-state index contributed by atoms with van der Waals surface area (Å²) in [6, 6.07) is 7.51. The van der Waals surface area contributed by atoms with Crippen molar-refractivity contribution >= 4 is 17.6 Å². The highest BCUT2D eigenvalue weighted by atomic mass is 16.5. The SMILES string of the molecule is CC(C)NC(=O)CCOC(=O)CCc1cccc(N)c1. The van der Waals surface area contributed by atoms with E-state index in [1.54, 1.807) is 6.07 Å². The number of rotatable bonds is 7. The summed E-state index contributed by atoms with van der Waals surface area (Å²) in [5.74, 6) is -0.409. The molecule has 0 spiro atoms. The number of carbonyl (C=O) groups is 2. The molecule has 0 aliphatic carbocycles. The van der Waals surface area contributed by atoms with Gasteiger partial charge in [0.25, 0.3) is 0 Å². The third-order valence-electron chi connectivity index (χ3n) is 2.61. The second-order valence-electron chi connectivity index (χ2n) is 4.94. The van der Waals surface area contributed by atoms with Gasteiger partial charge in [0.1, 0.15) is 6.61 Å². The highest BCUT2D eigenvalue weighted by Crippen LogP contribution is 2.09. The van der Waals surface area contributed by atoms with Crippen molar-refractivity contribution in [2.75, 3.05) is 12.3 Å². The van der Waals surface area contributed by atoms with Crippen LogP contribution < -0.4 is 11.1 Å². The monoisotopic (exact) mass is 278 g/mol. The molecule has 0 aromatic heterocycles. The number of nitrogens with one attached hydrogen (secondary N) is 1. The standard InChI is InChI=1S/C15H22N2O3/c1-11(2)17-14(18)8-9-20-15(19)7-6-12-4-3-5-13(16)10-12/h3-5,10-11H,6-9,16H2,1-2H3,(H,17,18). The molecule has 110 valence electrons. The van der Waals surface area contributed by atoms with Gasteiger partial charge in [0.15, 0.2) is 0 Å². The van der Waals surface area contributed by atoms with E-state index in [4.69, 9.17) is 10.5 Å². The van der Waals surface area contributed by atoms with Crippen LogP contribution in [0.2, 0.25) is 0 Å². The number of ether oxygens (including phenoxy) is 1. The first kappa shape index (κ1) is 16.0. The predicted molar refractivity (Wildman–Crippen MR) is 78.0 cm³/mol. The lowest BCUT2D eigenvalue weighted by Gasteiger charge is -2.08. The van der Waals surface area contributed by atoms with Crippen molar-refractivity contribution in [2.45, 2.75) is 39.2 Å². The van der Waals surface area contributed by atoms with Crippen molar-refractivity contribution in [1.82, 2.24) is 5.32 Å². The van der Waals surface area contributed by atoms with Crippen LogP contribution in [0.1, 0.15) is 32.3 Å². The molecule has 0 saturated heterocycles. The van der Waals surface area contributed by atoms with Gasteiger partial charge in [-0.15, -0.1) is 0 Å². The third-order valence-corrected chi connectivity index (χ3v) is 2.61. The summed E-state index contributed by atoms with van der Waals surface area (Å²) in [7, 11) is 0. The van der Waals surface area contributed by atoms with E-state index in [1.807, 2.05) is 32.0 Å². The zero-order chi connectivity index (χ0) is 15.0. The van der Waals surface area contributed by atoms with Crippen LogP contribution >= 0.6 is 0 Å². The minimum Gasteiger partial charge on any atom is -0.465 e. The first-order valence-corrected chi connectivity index (χ1v) is 6.77. The largest absolute Gasteiger partial charge is 0.465 e. The van der Waals surface area contributed by atoms with E-state index in [-0.39, 0.29) is 37.4 Å². The van der Waals surface area contributed by atoms with Crippen LogP contribution in [0.4, 0.5) is 5.69 Å². The van der Waals surface area contributed by atoms with Crippen molar-refractivity contribution in [3.8, 4) is 0 Å². The number of hydrogen-bond acceptors (Lipinski definition) is 4. The average Bonchev–Trinajstić information content (AvgIpc) is 2.35. The molecule has 0 unspecified atom stereocenters. The zero-order valence-corrected chi connectivity index (χ0v) is 12.0. The molecule has 0 atom stereocenters. The van der Waals surface area contributed by atoms with Crippen LogP contribution in [0.5, 0.6) is 0 Å². The molecule has 1 rings (SSSR count). The highest BCUT2D eigenvalue weighted by molar-refractivity contribution is 5.76. The smallest absolute Gasteiger partial charge is 0.306 e. The number of amides is 1. The number of aryl methyl sites for hydroxylation is 1. The van der Waals surface area contributed by atoms with Gasteiger partial charge in [0.2, 0.25) is 5.91 Å². The van der Waals surface area contributed by atoms with Crippen LogP contribution in [-0.2, 0) is 20.7 Å². The quantitative estimate of drug-likeness (QED) is 0.587. The summed E-state index contributed by atoms with van der Waals surface area (Å²) >= 11 is 0. The summed E-state index contributed by atoms with van der Waals surface area (Å²) in [6.07, 6.45) is 1.07. The lowest BCUT2D eigenvalue weighted by molar-refractivity contribution is -0.144. The second-order valence-corrected chi connectivity index (χ2v) is 4.94. The van der Waals surface area contributed by atoms with Crippen LogP contribution in [0.15, 0.2) is 24.3 Å². The number of nitrogen functional groups attached to an aromatic ring is 1. The topological polar surface area (TPSA) is 81.4 Å². The Hall–Kier alpha value is -2.04. The summed E-state index contributed by atoms with van der Waals surface area (Å²) in [6.45, 7) is 3.89. The number of anilines is 1. The van der Waals surface area contributed by atoms with Gasteiger partial charge in [-0.2, -0.15) is 0 Å². The maximum Gasteiger partial charge on any atom is 0.306 e. The van der Waals surface area contributed by atoms with Gasteiger partial charge in [-0.05, 0) is 38.0 Å². The Morgan fingerprint density at radius 3 is 2.70 bits per heavy atom. The van der Waals surface area contributed by atoms with E-state index in [1.165, 1.54) is 0 Å². The van der Waals surface area contributed by atoms with E-state index in [9.17, 15) is 9.59 Å². The number of esters is 1. The molecule has 0 aliphatic heterocycles. The molecule has 3 N–H and O–H groups in total. The minimum atomic E-state index is -0.301. The average molecular weight is 278 g/mol. The summed E-state index contributed by atoms with van der Waals surface area (Å²) in [5, 5.41) is 2.74. The maximum absolute atomic E-state index is 11.5. The molecule has 1 aromatic carbocycles. The molecule has 0 heterocycles. The van der Waals surface area contributed by atoms with E-state index in [2.05, 4.69) is 5.32 Å². The molecule has 0 radical (unpaired) electrons. The molecule has 0 fully saturated rings. The maximum atomic E-state index is 11.5. The van der Waals surface area contributed by atoms with E-state index >= 15 is 0 Å². The van der Waals surface area contributed by atoms with Gasteiger partial charge in [0, 0.05) is 18.2 Å². The fourth-order valence-electron chi connectivity index (χ4n) is 1.72. The van der Waals surface area contributed by atoms with Crippen LogP contribution in [0.25, 0.3) is 0 Å². The van der Waals surface area contributed by atoms with Crippen molar-refractivity contribution in [3.05, 3.63) is 29.8 Å². The molecular formula is C15H22N2O3. The number of nitrogens with two attached hydrogens (primary N) is 1. The van der Waals surface area contributed by atoms with Crippen LogP contribution in [0, 0.1) is 0 Å². The number of hydrogen-bond donors (Lipinski definition) is 2. The Labute approximate surface area is 119 Å². The third kappa shape index (κ3) is 6.78. The summed E-state index contributed by atoms with van der Waals surface area (Å²) in [4.78, 5) is 22.9. The first-order valence-electron chi connectivity index (χ1n) is 6.77. The van der Waals surface area contributed by atoms with Gasteiger partial charge < -0.3 is 15.8 Å². The second kappa shape index (κ2) is 8.19. The molecule has 0 aliphatic rings. The van der Waals surface area contributed by atoms with Crippen LogP contribution in [0.3, 0.4) is 0 Å². The van der Waals surface area contributed by atoms with Crippen molar-refractivity contribution in [1.29, 1.82) is 0 Å². The van der Waals surface area contributed by atoms with Crippen molar-refractivity contribution < 1.29 is 14.3 Å². The lowest BCUT2D eigenvalue weighted by Crippen LogP contribution is -2.31. The fraction of sp³-hybridized carbons (Fsp3) is 0.467. The summed E-state index contributed by atoms with van der Waals surface area (Å²) < 4.78 is 5.02. The van der Waals surface area contributed by atoms with Crippen LogP contribution in [-0.4, -0.2) is 24.5 Å². The predicted octanol–water partition coefficient (Wildman–Crippen LogP) is 1.66. The molecule has 5 heteroatoms. The van der Waals surface area contributed by atoms with E-state index in [0.717, 1.165) is 5.56 Å². The molecule has 20 heavy (non-hydrogen) atoms. The normalized spacial score (nSPS) is 10.3. The van der Waals surface area contributed by atoms with Gasteiger partial charge in [-0.1, -0.05) is 12.1 Å².